The monoisotopic (exact) mass is 396 g/mol. The van der Waals surface area contributed by atoms with Crippen molar-refractivity contribution in [3.8, 4) is 12.3 Å². The third-order valence-electron chi connectivity index (χ3n) is 4.00. The number of hydrogen-bond acceptors (Lipinski definition) is 5. The van der Waals surface area contributed by atoms with Gasteiger partial charge in [0, 0.05) is 12.2 Å². The third-order valence-corrected chi connectivity index (χ3v) is 5.04. The van der Waals surface area contributed by atoms with Crippen LogP contribution in [0.15, 0.2) is 35.5 Å². The highest BCUT2D eigenvalue weighted by Gasteiger charge is 2.14. The Morgan fingerprint density at radius 1 is 1.36 bits per heavy atom. The first kappa shape index (κ1) is 19.6. The molecule has 3 rings (SSSR count). The number of thiazole rings is 1. The Kier molecular flexibility index (Phi) is 5.76. The average Bonchev–Trinajstić information content (AvgIpc) is 3.28. The molecule has 3 aromatic rings. The summed E-state index contributed by atoms with van der Waals surface area (Å²) in [5.41, 5.74) is 1.51. The largest absolute Gasteiger partial charge is 0.462 e. The number of benzene rings is 1. The first-order chi connectivity index (χ1) is 13.4. The zero-order valence-corrected chi connectivity index (χ0v) is 16.7. The number of carbonyl (C=O) groups is 2. The maximum atomic E-state index is 12.6. The number of rotatable bonds is 5. The lowest BCUT2D eigenvalue weighted by molar-refractivity contribution is 0.0526. The van der Waals surface area contributed by atoms with Gasteiger partial charge in [0.2, 0.25) is 0 Å². The van der Waals surface area contributed by atoms with Crippen LogP contribution in [-0.4, -0.2) is 32.8 Å². The molecule has 2 heterocycles. The van der Waals surface area contributed by atoms with E-state index in [-0.39, 0.29) is 18.3 Å². The summed E-state index contributed by atoms with van der Waals surface area (Å²) < 4.78 is 9.31. The molecule has 7 nitrogen and oxygen atoms in total. The van der Waals surface area contributed by atoms with Crippen molar-refractivity contribution < 1.29 is 14.3 Å². The van der Waals surface area contributed by atoms with Gasteiger partial charge in [-0.15, -0.1) is 6.42 Å². The molecular formula is C20H20N4O3S. The van der Waals surface area contributed by atoms with E-state index in [1.165, 1.54) is 11.3 Å². The van der Waals surface area contributed by atoms with Gasteiger partial charge in [-0.05, 0) is 45.0 Å². The maximum Gasteiger partial charge on any atom is 0.338 e. The fraction of sp³-hybridized carbons (Fsp3) is 0.300. The van der Waals surface area contributed by atoms with E-state index in [0.717, 1.165) is 10.2 Å². The van der Waals surface area contributed by atoms with Crippen LogP contribution in [0.4, 0.5) is 0 Å². The predicted octanol–water partition coefficient (Wildman–Crippen LogP) is 3.03. The van der Waals surface area contributed by atoms with Crippen molar-refractivity contribution in [3.63, 3.8) is 0 Å². The molecular weight excluding hydrogens is 376 g/mol. The summed E-state index contributed by atoms with van der Waals surface area (Å²) in [4.78, 5) is 29.2. The number of fused-ring (bicyclic) bond motifs is 1. The summed E-state index contributed by atoms with van der Waals surface area (Å²) in [6.07, 6.45) is 7.24. The lowest BCUT2D eigenvalue weighted by Crippen LogP contribution is -2.17. The van der Waals surface area contributed by atoms with Crippen molar-refractivity contribution in [2.24, 2.45) is 4.99 Å². The van der Waals surface area contributed by atoms with Gasteiger partial charge in [-0.3, -0.25) is 9.48 Å². The summed E-state index contributed by atoms with van der Waals surface area (Å²) in [6, 6.07) is 6.98. The molecule has 0 aliphatic heterocycles. The summed E-state index contributed by atoms with van der Waals surface area (Å²) >= 11 is 1.29. The molecule has 0 radical (unpaired) electrons. The normalized spacial score (nSPS) is 11.8. The van der Waals surface area contributed by atoms with Gasteiger partial charge in [0.1, 0.15) is 0 Å². The van der Waals surface area contributed by atoms with Crippen molar-refractivity contribution in [2.75, 3.05) is 6.61 Å². The fourth-order valence-corrected chi connectivity index (χ4v) is 3.69. The second-order valence-corrected chi connectivity index (χ2v) is 7.28. The molecule has 0 aliphatic carbocycles. The highest BCUT2D eigenvalue weighted by atomic mass is 32.1. The molecule has 0 aliphatic rings. The van der Waals surface area contributed by atoms with Crippen LogP contribution in [-0.2, 0) is 11.3 Å². The van der Waals surface area contributed by atoms with E-state index in [1.54, 1.807) is 46.6 Å². The van der Waals surface area contributed by atoms with E-state index in [9.17, 15) is 9.59 Å². The SMILES string of the molecule is C#CCn1c(=NC(=O)c2ccn(C(C)C)n2)sc2cc(C(=O)OCC)ccc21. The number of amides is 1. The summed E-state index contributed by atoms with van der Waals surface area (Å²) in [5.74, 6) is 1.74. The zero-order chi connectivity index (χ0) is 20.3. The van der Waals surface area contributed by atoms with Crippen LogP contribution in [0.3, 0.4) is 0 Å². The Morgan fingerprint density at radius 2 is 2.14 bits per heavy atom. The molecule has 0 spiro atoms. The van der Waals surface area contributed by atoms with Crippen LogP contribution in [0.2, 0.25) is 0 Å². The topological polar surface area (TPSA) is 78.5 Å². The number of ether oxygens (including phenoxy) is 1. The highest BCUT2D eigenvalue weighted by molar-refractivity contribution is 7.16. The Labute approximate surface area is 166 Å². The molecule has 0 fully saturated rings. The second-order valence-electron chi connectivity index (χ2n) is 6.27. The van der Waals surface area contributed by atoms with Crippen molar-refractivity contribution in [1.82, 2.24) is 14.3 Å². The van der Waals surface area contributed by atoms with Crippen molar-refractivity contribution in [3.05, 3.63) is 46.5 Å². The number of terminal acetylenes is 1. The average molecular weight is 396 g/mol. The second kappa shape index (κ2) is 8.23. The molecule has 0 saturated heterocycles. The third kappa shape index (κ3) is 3.89. The van der Waals surface area contributed by atoms with Crippen molar-refractivity contribution in [1.29, 1.82) is 0 Å². The minimum Gasteiger partial charge on any atom is -0.462 e. The summed E-state index contributed by atoms with van der Waals surface area (Å²) in [7, 11) is 0. The van der Waals surface area contributed by atoms with E-state index < -0.39 is 11.9 Å². The number of hydrogen-bond donors (Lipinski definition) is 0. The number of aromatic nitrogens is 3. The van der Waals surface area contributed by atoms with Gasteiger partial charge in [-0.25, -0.2) is 4.79 Å². The van der Waals surface area contributed by atoms with E-state index in [4.69, 9.17) is 11.2 Å². The molecule has 0 N–H and O–H groups in total. The summed E-state index contributed by atoms with van der Waals surface area (Å²) in [6.45, 7) is 6.27. The lowest BCUT2D eigenvalue weighted by Gasteiger charge is -2.03. The molecule has 144 valence electrons. The predicted molar refractivity (Wildman–Crippen MR) is 107 cm³/mol. The van der Waals surface area contributed by atoms with Gasteiger partial charge in [0.25, 0.3) is 5.91 Å². The van der Waals surface area contributed by atoms with Crippen LogP contribution in [0.5, 0.6) is 0 Å². The van der Waals surface area contributed by atoms with Gasteiger partial charge < -0.3 is 9.30 Å². The molecule has 1 aromatic carbocycles. The van der Waals surface area contributed by atoms with Crippen LogP contribution < -0.4 is 4.80 Å². The highest BCUT2D eigenvalue weighted by Crippen LogP contribution is 2.20. The molecule has 28 heavy (non-hydrogen) atoms. The molecule has 0 saturated carbocycles. The Bertz CT molecular complexity index is 1140. The molecule has 0 atom stereocenters. The van der Waals surface area contributed by atoms with Gasteiger partial charge in [0.15, 0.2) is 10.5 Å². The number of esters is 1. The number of nitrogens with zero attached hydrogens (tertiary/aromatic N) is 4. The van der Waals surface area contributed by atoms with Gasteiger partial charge in [-0.1, -0.05) is 17.3 Å². The number of carbonyl (C=O) groups excluding carboxylic acids is 2. The fourth-order valence-electron chi connectivity index (χ4n) is 2.63. The maximum absolute atomic E-state index is 12.6. The first-order valence-corrected chi connectivity index (χ1v) is 9.64. The first-order valence-electron chi connectivity index (χ1n) is 8.82. The zero-order valence-electron chi connectivity index (χ0n) is 15.9. The van der Waals surface area contributed by atoms with Gasteiger partial charge in [0.05, 0.1) is 28.9 Å². The van der Waals surface area contributed by atoms with Gasteiger partial charge in [-0.2, -0.15) is 10.1 Å². The smallest absolute Gasteiger partial charge is 0.338 e. The Morgan fingerprint density at radius 3 is 2.79 bits per heavy atom. The van der Waals surface area contributed by atoms with E-state index in [2.05, 4.69) is 16.0 Å². The van der Waals surface area contributed by atoms with Crippen LogP contribution in [0.1, 0.15) is 47.7 Å². The van der Waals surface area contributed by atoms with Crippen LogP contribution in [0, 0.1) is 12.3 Å². The van der Waals surface area contributed by atoms with E-state index >= 15 is 0 Å². The molecule has 1 amide bonds. The quantitative estimate of drug-likeness (QED) is 0.491. The lowest BCUT2D eigenvalue weighted by atomic mass is 10.2. The van der Waals surface area contributed by atoms with Crippen LogP contribution in [0.25, 0.3) is 10.2 Å². The van der Waals surface area contributed by atoms with Gasteiger partial charge >= 0.3 is 5.97 Å². The minimum atomic E-state index is -0.442. The molecule has 2 aromatic heterocycles. The Hall–Kier alpha value is -3.18. The van der Waals surface area contributed by atoms with E-state index in [0.29, 0.717) is 17.0 Å². The molecule has 0 bridgehead atoms. The molecule has 8 heteroatoms. The van der Waals surface area contributed by atoms with Crippen molar-refractivity contribution >= 4 is 33.4 Å². The minimum absolute atomic E-state index is 0.151. The van der Waals surface area contributed by atoms with E-state index in [1.807, 2.05) is 13.8 Å². The standard InChI is InChI=1S/C20H20N4O3S/c1-5-10-23-16-8-7-14(19(26)27-6-2)12-17(16)28-20(23)21-18(25)15-9-11-24(22-15)13(3)4/h1,7-9,11-13H,6,10H2,2-4H3. The van der Waals surface area contributed by atoms with Crippen molar-refractivity contribution in [2.45, 2.75) is 33.4 Å². The summed E-state index contributed by atoms with van der Waals surface area (Å²) in [5, 5.41) is 4.26. The van der Waals surface area contributed by atoms with Crippen LogP contribution >= 0.6 is 11.3 Å². The Balaban J connectivity index is 2.06. The molecule has 0 unspecified atom stereocenters.